The lowest BCUT2D eigenvalue weighted by Gasteiger charge is -2.45. The van der Waals surface area contributed by atoms with Crippen molar-refractivity contribution in [2.75, 3.05) is 19.8 Å². The van der Waals surface area contributed by atoms with Crippen LogP contribution >= 0.6 is 0 Å². The van der Waals surface area contributed by atoms with Gasteiger partial charge >= 0.3 is 0 Å². The third-order valence-corrected chi connectivity index (χ3v) is 6.11. The maximum absolute atomic E-state index is 13.3. The molecule has 3 aliphatic rings. The van der Waals surface area contributed by atoms with E-state index in [1.165, 1.54) is 5.06 Å². The van der Waals surface area contributed by atoms with Gasteiger partial charge in [0, 0.05) is 12.8 Å². The van der Waals surface area contributed by atoms with Gasteiger partial charge in [-0.3, -0.25) is 9.63 Å². The molecule has 0 atom stereocenters. The fraction of sp³-hybridized carbons (Fsp3) is 0.571. The van der Waals surface area contributed by atoms with Crippen LogP contribution < -0.4 is 0 Å². The zero-order valence-electron chi connectivity index (χ0n) is 16.2. The van der Waals surface area contributed by atoms with Crippen LogP contribution in [0.25, 0.3) is 5.57 Å². The number of aliphatic hydroxyl groups excluding tert-OH is 1. The Hall–Kier alpha value is -1.89. The van der Waals surface area contributed by atoms with E-state index in [0.717, 1.165) is 16.7 Å². The summed E-state index contributed by atoms with van der Waals surface area (Å²) in [6.07, 6.45) is 2.32. The van der Waals surface area contributed by atoms with Crippen molar-refractivity contribution < 1.29 is 24.2 Å². The standard InChI is InChI=1S/C21H27NO5/c1-4-27-22-19(24)17(16-14(2)6-5-7-15(16)3)18(23)20(22)8-10-21(11-9-20)25-12-13-26-21/h5-7,23H,4,8-13H2,1-3H3. The van der Waals surface area contributed by atoms with Crippen molar-refractivity contribution in [1.29, 1.82) is 0 Å². The van der Waals surface area contributed by atoms with Crippen LogP contribution in [-0.4, -0.2) is 47.2 Å². The number of amides is 1. The minimum atomic E-state index is -0.849. The summed E-state index contributed by atoms with van der Waals surface area (Å²) in [5.41, 5.74) is 2.25. The van der Waals surface area contributed by atoms with Crippen molar-refractivity contribution in [1.82, 2.24) is 5.06 Å². The maximum atomic E-state index is 13.3. The highest BCUT2D eigenvalue weighted by atomic mass is 16.7. The Bertz CT molecular complexity index is 764. The molecule has 1 amide bonds. The number of carbonyl (C=O) groups is 1. The van der Waals surface area contributed by atoms with Crippen LogP contribution in [0.2, 0.25) is 0 Å². The Morgan fingerprint density at radius 1 is 1.11 bits per heavy atom. The van der Waals surface area contributed by atoms with E-state index in [2.05, 4.69) is 0 Å². The van der Waals surface area contributed by atoms with Gasteiger partial charge in [-0.25, -0.2) is 5.06 Å². The number of carbonyl (C=O) groups excluding carboxylic acids is 1. The molecule has 0 aromatic heterocycles. The van der Waals surface area contributed by atoms with E-state index in [9.17, 15) is 9.90 Å². The second-order valence-corrected chi connectivity index (χ2v) is 7.65. The number of aliphatic hydroxyl groups is 1. The summed E-state index contributed by atoms with van der Waals surface area (Å²) in [5.74, 6) is -0.726. The van der Waals surface area contributed by atoms with E-state index in [4.69, 9.17) is 14.3 Å². The van der Waals surface area contributed by atoms with Crippen molar-refractivity contribution >= 4 is 11.5 Å². The topological polar surface area (TPSA) is 68.2 Å². The molecule has 6 heteroatoms. The second-order valence-electron chi connectivity index (χ2n) is 7.65. The lowest BCUT2D eigenvalue weighted by molar-refractivity contribution is -0.240. The molecule has 2 spiro atoms. The van der Waals surface area contributed by atoms with Gasteiger partial charge in [0.25, 0.3) is 5.91 Å². The summed E-state index contributed by atoms with van der Waals surface area (Å²) in [6, 6.07) is 5.88. The van der Waals surface area contributed by atoms with Crippen molar-refractivity contribution in [3.8, 4) is 0 Å². The van der Waals surface area contributed by atoms with Crippen LogP contribution in [0.15, 0.2) is 24.0 Å². The molecule has 0 radical (unpaired) electrons. The van der Waals surface area contributed by atoms with Gasteiger partial charge in [0.05, 0.1) is 25.4 Å². The normalized spacial score (nSPS) is 23.8. The molecule has 4 rings (SSSR count). The van der Waals surface area contributed by atoms with E-state index in [1.54, 1.807) is 0 Å². The Kier molecular flexibility index (Phi) is 4.53. The molecule has 1 N–H and O–H groups in total. The Labute approximate surface area is 159 Å². The predicted octanol–water partition coefficient (Wildman–Crippen LogP) is 3.42. The Morgan fingerprint density at radius 2 is 1.70 bits per heavy atom. The largest absolute Gasteiger partial charge is 0.509 e. The first-order valence-corrected chi connectivity index (χ1v) is 9.70. The molecule has 1 aliphatic carbocycles. The number of aryl methyl sites for hydroxylation is 2. The maximum Gasteiger partial charge on any atom is 0.282 e. The minimum Gasteiger partial charge on any atom is -0.509 e. The number of hydroxylamine groups is 2. The Morgan fingerprint density at radius 3 is 2.26 bits per heavy atom. The number of nitrogens with zero attached hydrogens (tertiary/aromatic N) is 1. The molecule has 6 nitrogen and oxygen atoms in total. The summed E-state index contributed by atoms with van der Waals surface area (Å²) < 4.78 is 11.7. The molecular weight excluding hydrogens is 346 g/mol. The third-order valence-electron chi connectivity index (χ3n) is 6.11. The third kappa shape index (κ3) is 2.70. The number of hydrogen-bond donors (Lipinski definition) is 1. The molecule has 27 heavy (non-hydrogen) atoms. The van der Waals surface area contributed by atoms with Gasteiger partial charge in [-0.15, -0.1) is 0 Å². The van der Waals surface area contributed by atoms with Gasteiger partial charge in [0.2, 0.25) is 0 Å². The minimum absolute atomic E-state index is 0.117. The number of ether oxygens (including phenoxy) is 2. The zero-order chi connectivity index (χ0) is 19.2. The molecule has 0 unspecified atom stereocenters. The highest BCUT2D eigenvalue weighted by Gasteiger charge is 2.58. The molecule has 1 aromatic carbocycles. The summed E-state index contributed by atoms with van der Waals surface area (Å²) in [4.78, 5) is 19.1. The summed E-state index contributed by atoms with van der Waals surface area (Å²) in [6.45, 7) is 7.32. The summed E-state index contributed by atoms with van der Waals surface area (Å²) in [5, 5.41) is 12.7. The van der Waals surface area contributed by atoms with Crippen molar-refractivity contribution in [3.05, 3.63) is 40.6 Å². The second kappa shape index (κ2) is 6.62. The van der Waals surface area contributed by atoms with E-state index in [1.807, 2.05) is 39.0 Å². The predicted molar refractivity (Wildman–Crippen MR) is 99.8 cm³/mol. The number of rotatable bonds is 3. The molecule has 2 aliphatic heterocycles. The quantitative estimate of drug-likeness (QED) is 0.879. The Balaban J connectivity index is 1.77. The van der Waals surface area contributed by atoms with Gasteiger partial charge in [-0.2, -0.15) is 0 Å². The average molecular weight is 373 g/mol. The van der Waals surface area contributed by atoms with E-state index in [-0.39, 0.29) is 11.7 Å². The molecule has 1 saturated heterocycles. The molecule has 2 heterocycles. The van der Waals surface area contributed by atoms with E-state index in [0.29, 0.717) is 51.1 Å². The van der Waals surface area contributed by atoms with Crippen LogP contribution in [0, 0.1) is 13.8 Å². The molecule has 0 bridgehead atoms. The zero-order valence-corrected chi connectivity index (χ0v) is 16.2. The lowest BCUT2D eigenvalue weighted by Crippen LogP contribution is -2.53. The summed E-state index contributed by atoms with van der Waals surface area (Å²) >= 11 is 0. The smallest absolute Gasteiger partial charge is 0.282 e. The highest BCUT2D eigenvalue weighted by molar-refractivity contribution is 6.23. The molecule has 1 aromatic rings. The fourth-order valence-electron chi connectivity index (χ4n) is 4.74. The fourth-order valence-corrected chi connectivity index (χ4v) is 4.74. The van der Waals surface area contributed by atoms with Crippen molar-refractivity contribution in [2.45, 2.75) is 57.8 Å². The van der Waals surface area contributed by atoms with Crippen molar-refractivity contribution in [2.24, 2.45) is 0 Å². The first-order chi connectivity index (χ1) is 12.9. The van der Waals surface area contributed by atoms with Crippen LogP contribution in [0.5, 0.6) is 0 Å². The molecular formula is C21H27NO5. The van der Waals surface area contributed by atoms with Crippen molar-refractivity contribution in [3.63, 3.8) is 0 Å². The van der Waals surface area contributed by atoms with E-state index >= 15 is 0 Å². The van der Waals surface area contributed by atoms with Crippen LogP contribution in [-0.2, 0) is 19.1 Å². The molecule has 146 valence electrons. The van der Waals surface area contributed by atoms with Gasteiger partial charge < -0.3 is 14.6 Å². The van der Waals surface area contributed by atoms with E-state index < -0.39 is 11.3 Å². The first-order valence-electron chi connectivity index (χ1n) is 9.70. The SMILES string of the molecule is CCON1C(=O)C(c2c(C)cccc2C)=C(O)C12CCC1(CC2)OCCO1. The average Bonchev–Trinajstić information content (AvgIpc) is 3.18. The molecule has 1 saturated carbocycles. The number of benzene rings is 1. The summed E-state index contributed by atoms with van der Waals surface area (Å²) in [7, 11) is 0. The number of hydrogen-bond acceptors (Lipinski definition) is 5. The van der Waals surface area contributed by atoms with Gasteiger partial charge in [0.1, 0.15) is 11.3 Å². The molecule has 2 fully saturated rings. The van der Waals surface area contributed by atoms with Gasteiger partial charge in [-0.1, -0.05) is 18.2 Å². The van der Waals surface area contributed by atoms with Crippen LogP contribution in [0.1, 0.15) is 49.3 Å². The highest BCUT2D eigenvalue weighted by Crippen LogP contribution is 2.51. The lowest BCUT2D eigenvalue weighted by atomic mass is 9.77. The van der Waals surface area contributed by atoms with Gasteiger partial charge in [0.15, 0.2) is 5.79 Å². The first kappa shape index (κ1) is 18.5. The van der Waals surface area contributed by atoms with Crippen LogP contribution in [0.4, 0.5) is 0 Å². The van der Waals surface area contributed by atoms with Crippen LogP contribution in [0.3, 0.4) is 0 Å². The van der Waals surface area contributed by atoms with Gasteiger partial charge in [-0.05, 0) is 50.3 Å². The monoisotopic (exact) mass is 373 g/mol.